The van der Waals surface area contributed by atoms with Crippen LogP contribution in [0.2, 0.25) is 0 Å². The Bertz CT molecular complexity index is 996. The lowest BCUT2D eigenvalue weighted by molar-refractivity contribution is -0.122. The van der Waals surface area contributed by atoms with E-state index >= 15 is 0 Å². The SMILES string of the molecule is CCC(C)=CCCN1C(=O)C2(COc3cc4c(cc32)OCO4)c2ccccc21. The molecule has 1 spiro atoms. The quantitative estimate of drug-likeness (QED) is 0.750. The van der Waals surface area contributed by atoms with Crippen molar-refractivity contribution in [1.82, 2.24) is 0 Å². The molecular weight excluding hydrogens is 354 g/mol. The van der Waals surface area contributed by atoms with Crippen molar-refractivity contribution in [2.45, 2.75) is 32.1 Å². The van der Waals surface area contributed by atoms with Gasteiger partial charge in [0.2, 0.25) is 12.7 Å². The van der Waals surface area contributed by atoms with E-state index in [1.807, 2.05) is 41.3 Å². The van der Waals surface area contributed by atoms with Crippen molar-refractivity contribution in [3.8, 4) is 17.2 Å². The van der Waals surface area contributed by atoms with Gasteiger partial charge in [0, 0.05) is 23.9 Å². The number of carbonyl (C=O) groups excluding carboxylic acids is 1. The molecule has 5 rings (SSSR count). The first-order valence-corrected chi connectivity index (χ1v) is 9.79. The fourth-order valence-electron chi connectivity index (χ4n) is 4.37. The molecule has 0 saturated carbocycles. The molecule has 144 valence electrons. The van der Waals surface area contributed by atoms with E-state index in [0.717, 1.165) is 29.7 Å². The molecule has 2 aromatic rings. The zero-order valence-corrected chi connectivity index (χ0v) is 16.2. The number of nitrogens with zero attached hydrogens (tertiary/aromatic N) is 1. The predicted molar refractivity (Wildman–Crippen MR) is 106 cm³/mol. The van der Waals surface area contributed by atoms with Crippen LogP contribution in [-0.2, 0) is 10.2 Å². The van der Waals surface area contributed by atoms with E-state index in [0.29, 0.717) is 30.4 Å². The number of hydrogen-bond donors (Lipinski definition) is 0. The number of rotatable bonds is 4. The van der Waals surface area contributed by atoms with E-state index in [-0.39, 0.29) is 12.7 Å². The van der Waals surface area contributed by atoms with Gasteiger partial charge in [0.15, 0.2) is 11.5 Å². The Hall–Kier alpha value is -2.95. The predicted octanol–water partition coefficient (Wildman–Crippen LogP) is 4.19. The Morgan fingerprint density at radius 2 is 1.89 bits per heavy atom. The fourth-order valence-corrected chi connectivity index (χ4v) is 4.37. The van der Waals surface area contributed by atoms with Crippen molar-refractivity contribution in [3.05, 3.63) is 59.2 Å². The highest BCUT2D eigenvalue weighted by Gasteiger charge is 2.57. The summed E-state index contributed by atoms with van der Waals surface area (Å²) in [5, 5.41) is 0. The van der Waals surface area contributed by atoms with Crippen molar-refractivity contribution in [2.75, 3.05) is 24.8 Å². The van der Waals surface area contributed by atoms with Gasteiger partial charge in [-0.1, -0.05) is 36.8 Å². The van der Waals surface area contributed by atoms with Crippen LogP contribution in [0.1, 0.15) is 37.8 Å². The molecule has 3 aliphatic rings. The minimum atomic E-state index is -0.809. The summed E-state index contributed by atoms with van der Waals surface area (Å²) in [6.07, 6.45) is 4.09. The Morgan fingerprint density at radius 1 is 1.11 bits per heavy atom. The zero-order valence-electron chi connectivity index (χ0n) is 16.2. The fraction of sp³-hybridized carbons (Fsp3) is 0.348. The zero-order chi connectivity index (χ0) is 19.3. The molecule has 1 atom stereocenters. The van der Waals surface area contributed by atoms with Crippen LogP contribution in [0.3, 0.4) is 0 Å². The maximum Gasteiger partial charge on any atom is 0.245 e. The average Bonchev–Trinajstić information content (AvgIpc) is 3.38. The molecule has 3 heterocycles. The van der Waals surface area contributed by atoms with Crippen molar-refractivity contribution in [1.29, 1.82) is 0 Å². The number of carbonyl (C=O) groups is 1. The largest absolute Gasteiger partial charge is 0.491 e. The molecule has 0 bridgehead atoms. The molecular formula is C23H23NO4. The molecule has 0 aromatic heterocycles. The Labute approximate surface area is 164 Å². The third-order valence-electron chi connectivity index (χ3n) is 6.05. The maximum atomic E-state index is 13.7. The lowest BCUT2D eigenvalue weighted by Gasteiger charge is -2.23. The van der Waals surface area contributed by atoms with Crippen molar-refractivity contribution in [2.24, 2.45) is 0 Å². The van der Waals surface area contributed by atoms with Crippen molar-refractivity contribution >= 4 is 11.6 Å². The molecule has 28 heavy (non-hydrogen) atoms. The van der Waals surface area contributed by atoms with Gasteiger partial charge in [-0.2, -0.15) is 0 Å². The second-order valence-corrected chi connectivity index (χ2v) is 7.56. The second-order valence-electron chi connectivity index (χ2n) is 7.56. The molecule has 0 radical (unpaired) electrons. The van der Waals surface area contributed by atoms with Crippen LogP contribution >= 0.6 is 0 Å². The molecule has 1 unspecified atom stereocenters. The summed E-state index contributed by atoms with van der Waals surface area (Å²) in [5.74, 6) is 2.13. The maximum absolute atomic E-state index is 13.7. The summed E-state index contributed by atoms with van der Waals surface area (Å²) in [7, 11) is 0. The molecule has 5 nitrogen and oxygen atoms in total. The first-order chi connectivity index (χ1) is 13.6. The number of allylic oxidation sites excluding steroid dienone is 1. The standard InChI is InChI=1S/C23H23NO4/c1-3-15(2)7-6-10-24-18-9-5-4-8-16(18)23(22(24)25)13-26-19-12-21-20(11-17(19)23)27-14-28-21/h4-5,7-9,11-12H,3,6,10,13-14H2,1-2H3. The van der Waals surface area contributed by atoms with E-state index in [1.54, 1.807) is 0 Å². The Balaban J connectivity index is 1.58. The topological polar surface area (TPSA) is 48.0 Å². The summed E-state index contributed by atoms with van der Waals surface area (Å²) < 4.78 is 17.0. The normalized spacial score (nSPS) is 21.9. The number of amides is 1. The van der Waals surface area contributed by atoms with Gasteiger partial charge >= 0.3 is 0 Å². The van der Waals surface area contributed by atoms with Crippen LogP contribution in [0.4, 0.5) is 5.69 Å². The van der Waals surface area contributed by atoms with Crippen LogP contribution in [0.15, 0.2) is 48.0 Å². The van der Waals surface area contributed by atoms with Gasteiger partial charge in [0.25, 0.3) is 0 Å². The Morgan fingerprint density at radius 3 is 2.71 bits per heavy atom. The highest BCUT2D eigenvalue weighted by atomic mass is 16.7. The summed E-state index contributed by atoms with van der Waals surface area (Å²) in [5.41, 5.74) is 3.39. The third kappa shape index (κ3) is 2.28. The molecule has 2 aromatic carbocycles. The van der Waals surface area contributed by atoms with Crippen LogP contribution in [-0.4, -0.2) is 25.9 Å². The number of fused-ring (bicyclic) bond motifs is 5. The number of hydrogen-bond acceptors (Lipinski definition) is 4. The third-order valence-corrected chi connectivity index (χ3v) is 6.05. The van der Waals surface area contributed by atoms with Crippen molar-refractivity contribution in [3.63, 3.8) is 0 Å². The van der Waals surface area contributed by atoms with E-state index in [1.165, 1.54) is 5.57 Å². The minimum Gasteiger partial charge on any atom is -0.491 e. The molecule has 0 saturated heterocycles. The molecule has 0 aliphatic carbocycles. The minimum absolute atomic E-state index is 0.0777. The summed E-state index contributed by atoms with van der Waals surface area (Å²) >= 11 is 0. The molecule has 0 N–H and O–H groups in total. The monoisotopic (exact) mass is 377 g/mol. The number of anilines is 1. The van der Waals surface area contributed by atoms with Gasteiger partial charge in [-0.3, -0.25) is 4.79 Å². The van der Waals surface area contributed by atoms with Gasteiger partial charge in [-0.25, -0.2) is 0 Å². The Kier molecular flexibility index (Phi) is 3.86. The van der Waals surface area contributed by atoms with Crippen LogP contribution < -0.4 is 19.1 Å². The van der Waals surface area contributed by atoms with Crippen molar-refractivity contribution < 1.29 is 19.0 Å². The highest BCUT2D eigenvalue weighted by Crippen LogP contribution is 2.54. The molecule has 3 aliphatic heterocycles. The smallest absolute Gasteiger partial charge is 0.245 e. The van der Waals surface area contributed by atoms with Gasteiger partial charge in [-0.15, -0.1) is 0 Å². The molecule has 1 amide bonds. The average molecular weight is 377 g/mol. The van der Waals surface area contributed by atoms with Crippen LogP contribution in [0, 0.1) is 0 Å². The van der Waals surface area contributed by atoms with Gasteiger partial charge in [0.05, 0.1) is 0 Å². The van der Waals surface area contributed by atoms with Gasteiger partial charge in [-0.05, 0) is 37.5 Å². The molecule has 5 heteroatoms. The number of benzene rings is 2. The van der Waals surface area contributed by atoms with Crippen LogP contribution in [0.25, 0.3) is 0 Å². The summed E-state index contributed by atoms with van der Waals surface area (Å²) in [6, 6.07) is 11.8. The van der Waals surface area contributed by atoms with E-state index in [9.17, 15) is 4.79 Å². The van der Waals surface area contributed by atoms with E-state index in [2.05, 4.69) is 19.9 Å². The first kappa shape index (κ1) is 17.2. The van der Waals surface area contributed by atoms with E-state index in [4.69, 9.17) is 14.2 Å². The van der Waals surface area contributed by atoms with Crippen LogP contribution in [0.5, 0.6) is 17.2 Å². The number of para-hydroxylation sites is 1. The first-order valence-electron chi connectivity index (χ1n) is 9.79. The lowest BCUT2D eigenvalue weighted by atomic mass is 9.77. The van der Waals surface area contributed by atoms with Gasteiger partial charge in [0.1, 0.15) is 17.8 Å². The number of ether oxygens (including phenoxy) is 3. The summed E-state index contributed by atoms with van der Waals surface area (Å²) in [4.78, 5) is 15.7. The van der Waals surface area contributed by atoms with E-state index < -0.39 is 5.41 Å². The summed E-state index contributed by atoms with van der Waals surface area (Å²) in [6.45, 7) is 5.44. The highest BCUT2D eigenvalue weighted by molar-refractivity contribution is 6.11. The molecule has 0 fully saturated rings. The lowest BCUT2D eigenvalue weighted by Crippen LogP contribution is -2.42. The van der Waals surface area contributed by atoms with Gasteiger partial charge < -0.3 is 19.1 Å². The second kappa shape index (κ2) is 6.30.